The Morgan fingerprint density at radius 3 is 2.20 bits per heavy atom. The van der Waals surface area contributed by atoms with Gasteiger partial charge in [0.05, 0.1) is 0 Å². The highest BCUT2D eigenvalue weighted by Gasteiger charge is 1.97. The van der Waals surface area contributed by atoms with Crippen molar-refractivity contribution in [3.05, 3.63) is 35.4 Å². The van der Waals surface area contributed by atoms with Gasteiger partial charge in [-0.2, -0.15) is 0 Å². The molecule has 0 atom stereocenters. The average molecular weight is 202 g/mol. The minimum Gasteiger partial charge on any atom is -0.384 e. The smallest absolute Gasteiger partial charge is 0.104 e. The number of benzene rings is 1. The number of aliphatic hydroxyl groups excluding tert-OH is 1. The summed E-state index contributed by atoms with van der Waals surface area (Å²) in [7, 11) is 0. The molecule has 0 amide bonds. The van der Waals surface area contributed by atoms with Gasteiger partial charge in [0.1, 0.15) is 6.61 Å². The zero-order valence-electron chi connectivity index (χ0n) is 9.46. The van der Waals surface area contributed by atoms with E-state index >= 15 is 0 Å². The lowest BCUT2D eigenvalue weighted by atomic mass is 10.0. The molecule has 0 radical (unpaired) electrons. The minimum atomic E-state index is -0.0502. The molecule has 1 aromatic rings. The summed E-state index contributed by atoms with van der Waals surface area (Å²) in [5, 5.41) is 8.51. The summed E-state index contributed by atoms with van der Waals surface area (Å²) in [4.78, 5) is 0. The third kappa shape index (κ3) is 4.67. The van der Waals surface area contributed by atoms with Gasteiger partial charge in [0.2, 0.25) is 0 Å². The molecule has 1 heteroatoms. The summed E-state index contributed by atoms with van der Waals surface area (Å²) >= 11 is 0. The van der Waals surface area contributed by atoms with E-state index in [1.54, 1.807) is 0 Å². The van der Waals surface area contributed by atoms with Crippen LogP contribution in [0.1, 0.15) is 25.0 Å². The van der Waals surface area contributed by atoms with E-state index in [0.717, 1.165) is 12.8 Å². The van der Waals surface area contributed by atoms with Crippen LogP contribution in [0.5, 0.6) is 0 Å². The highest BCUT2D eigenvalue weighted by Crippen LogP contribution is 2.09. The van der Waals surface area contributed by atoms with E-state index in [-0.39, 0.29) is 6.61 Å². The molecule has 1 aromatic carbocycles. The largest absolute Gasteiger partial charge is 0.384 e. The fourth-order valence-corrected chi connectivity index (χ4v) is 1.49. The molecule has 0 spiro atoms. The average Bonchev–Trinajstić information content (AvgIpc) is 2.20. The Kier molecular flexibility index (Phi) is 4.93. The Morgan fingerprint density at radius 2 is 1.67 bits per heavy atom. The van der Waals surface area contributed by atoms with Crippen LogP contribution in [0.15, 0.2) is 24.3 Å². The Bertz CT molecular complexity index is 338. The Balaban J connectivity index is 2.56. The fourth-order valence-electron chi connectivity index (χ4n) is 1.49. The molecule has 0 unspecified atom stereocenters. The quantitative estimate of drug-likeness (QED) is 0.746. The van der Waals surface area contributed by atoms with Crippen molar-refractivity contribution in [3.63, 3.8) is 0 Å². The molecule has 0 aliphatic heterocycles. The molecule has 1 rings (SSSR count). The lowest BCUT2D eigenvalue weighted by molar-refractivity contribution is 0.350. The van der Waals surface area contributed by atoms with Gasteiger partial charge in [0.25, 0.3) is 0 Å². The van der Waals surface area contributed by atoms with Crippen molar-refractivity contribution in [2.24, 2.45) is 5.92 Å². The van der Waals surface area contributed by atoms with Gasteiger partial charge in [-0.1, -0.05) is 50.0 Å². The van der Waals surface area contributed by atoms with E-state index in [1.165, 1.54) is 11.1 Å². The van der Waals surface area contributed by atoms with Crippen LogP contribution in [-0.4, -0.2) is 11.7 Å². The van der Waals surface area contributed by atoms with Crippen LogP contribution >= 0.6 is 0 Å². The maximum absolute atomic E-state index is 8.51. The molecule has 0 fully saturated rings. The summed E-state index contributed by atoms with van der Waals surface area (Å²) in [6, 6.07) is 8.56. The number of aliphatic hydroxyl groups is 1. The van der Waals surface area contributed by atoms with Crippen LogP contribution in [0.3, 0.4) is 0 Å². The number of hydrogen-bond acceptors (Lipinski definition) is 1. The molecule has 0 aliphatic rings. The zero-order chi connectivity index (χ0) is 11.1. The third-order valence-corrected chi connectivity index (χ3v) is 2.16. The topological polar surface area (TPSA) is 20.2 Å². The van der Waals surface area contributed by atoms with Crippen molar-refractivity contribution in [1.82, 2.24) is 0 Å². The first-order chi connectivity index (χ1) is 7.22. The third-order valence-electron chi connectivity index (χ3n) is 2.16. The normalized spacial score (nSPS) is 9.87. The van der Waals surface area contributed by atoms with E-state index in [9.17, 15) is 0 Å². The number of rotatable bonds is 3. The van der Waals surface area contributed by atoms with Gasteiger partial charge in [-0.25, -0.2) is 0 Å². The summed E-state index contributed by atoms with van der Waals surface area (Å²) in [5.74, 6) is 6.26. The van der Waals surface area contributed by atoms with Crippen LogP contribution in [-0.2, 0) is 12.8 Å². The van der Waals surface area contributed by atoms with E-state index in [0.29, 0.717) is 5.92 Å². The predicted molar refractivity (Wildman–Crippen MR) is 63.5 cm³/mol. The van der Waals surface area contributed by atoms with E-state index < -0.39 is 0 Å². The van der Waals surface area contributed by atoms with Crippen LogP contribution in [0.2, 0.25) is 0 Å². The van der Waals surface area contributed by atoms with Gasteiger partial charge < -0.3 is 5.11 Å². The van der Waals surface area contributed by atoms with E-state index in [1.807, 2.05) is 0 Å². The van der Waals surface area contributed by atoms with Gasteiger partial charge in [0.15, 0.2) is 0 Å². The van der Waals surface area contributed by atoms with Gasteiger partial charge in [-0.05, 0) is 23.5 Å². The first kappa shape index (κ1) is 11.8. The minimum absolute atomic E-state index is 0.0502. The molecule has 0 saturated carbocycles. The maximum Gasteiger partial charge on any atom is 0.104 e. The molecule has 0 saturated heterocycles. The Hall–Kier alpha value is -1.26. The fraction of sp³-hybridized carbons (Fsp3) is 0.429. The van der Waals surface area contributed by atoms with Gasteiger partial charge >= 0.3 is 0 Å². The van der Waals surface area contributed by atoms with Crippen molar-refractivity contribution in [3.8, 4) is 11.8 Å². The number of hydrogen-bond donors (Lipinski definition) is 1. The van der Waals surface area contributed by atoms with E-state index in [2.05, 4.69) is 50.0 Å². The van der Waals surface area contributed by atoms with Crippen molar-refractivity contribution in [1.29, 1.82) is 0 Å². The van der Waals surface area contributed by atoms with Crippen molar-refractivity contribution < 1.29 is 5.11 Å². The highest BCUT2D eigenvalue weighted by atomic mass is 16.2. The Labute approximate surface area is 92.1 Å². The molecular weight excluding hydrogens is 184 g/mol. The predicted octanol–water partition coefficient (Wildman–Crippen LogP) is 2.42. The van der Waals surface area contributed by atoms with Crippen molar-refractivity contribution in [2.75, 3.05) is 6.61 Å². The molecule has 0 aliphatic carbocycles. The maximum atomic E-state index is 8.51. The Morgan fingerprint density at radius 1 is 1.07 bits per heavy atom. The van der Waals surface area contributed by atoms with Crippen LogP contribution < -0.4 is 0 Å². The van der Waals surface area contributed by atoms with Crippen molar-refractivity contribution >= 4 is 0 Å². The summed E-state index contributed by atoms with van der Waals surface area (Å²) in [5.41, 5.74) is 2.59. The second-order valence-electron chi connectivity index (χ2n) is 4.10. The van der Waals surface area contributed by atoms with Gasteiger partial charge in [-0.3, -0.25) is 0 Å². The summed E-state index contributed by atoms with van der Waals surface area (Å²) < 4.78 is 0. The van der Waals surface area contributed by atoms with E-state index in [4.69, 9.17) is 5.11 Å². The summed E-state index contributed by atoms with van der Waals surface area (Å²) in [6.07, 6.45) is 1.85. The molecule has 1 nitrogen and oxygen atoms in total. The molecule has 0 bridgehead atoms. The standard InChI is InChI=1S/C14H18O/c1-12(2)11-14-8-6-13(7-9-14)5-3-4-10-15/h6-9,12,15H,5,10-11H2,1-2H3. The van der Waals surface area contributed by atoms with Crippen LogP contribution in [0.25, 0.3) is 0 Å². The SMILES string of the molecule is CC(C)Cc1ccc(CC#CCO)cc1. The molecule has 0 heterocycles. The zero-order valence-corrected chi connectivity index (χ0v) is 9.46. The lowest BCUT2D eigenvalue weighted by Gasteiger charge is -2.04. The molecular formula is C14H18O. The second kappa shape index (κ2) is 6.27. The lowest BCUT2D eigenvalue weighted by Crippen LogP contribution is -1.94. The van der Waals surface area contributed by atoms with Crippen molar-refractivity contribution in [2.45, 2.75) is 26.7 Å². The molecule has 80 valence electrons. The van der Waals surface area contributed by atoms with Crippen LogP contribution in [0.4, 0.5) is 0 Å². The first-order valence-corrected chi connectivity index (χ1v) is 5.36. The molecule has 1 N–H and O–H groups in total. The highest BCUT2D eigenvalue weighted by molar-refractivity contribution is 5.26. The van der Waals surface area contributed by atoms with Crippen LogP contribution in [0, 0.1) is 17.8 Å². The molecule has 0 aromatic heterocycles. The first-order valence-electron chi connectivity index (χ1n) is 5.36. The van der Waals surface area contributed by atoms with Gasteiger partial charge in [0, 0.05) is 6.42 Å². The monoisotopic (exact) mass is 202 g/mol. The second-order valence-corrected chi connectivity index (χ2v) is 4.10. The van der Waals surface area contributed by atoms with Gasteiger partial charge in [-0.15, -0.1) is 0 Å². The molecule has 15 heavy (non-hydrogen) atoms. The summed E-state index contributed by atoms with van der Waals surface area (Å²) in [6.45, 7) is 4.40.